The summed E-state index contributed by atoms with van der Waals surface area (Å²) in [5.41, 5.74) is 0.929. The minimum absolute atomic E-state index is 0.156. The fourth-order valence-corrected chi connectivity index (χ4v) is 3.12. The van der Waals surface area contributed by atoms with E-state index in [0.29, 0.717) is 5.11 Å². The molecule has 130 valence electrons. The maximum Gasteiger partial charge on any atom is 0.170 e. The zero-order valence-electron chi connectivity index (χ0n) is 14.1. The van der Waals surface area contributed by atoms with E-state index in [2.05, 4.69) is 10.6 Å². The average molecular weight is 365 g/mol. The molecule has 0 atom stereocenters. The molecule has 0 aliphatic rings. The van der Waals surface area contributed by atoms with Crippen molar-refractivity contribution in [2.45, 2.75) is 32.1 Å². The summed E-state index contributed by atoms with van der Waals surface area (Å²) in [5.74, 6) is 3.84. The maximum atomic E-state index is 5.68. The predicted molar refractivity (Wildman–Crippen MR) is 106 cm³/mol. The molecular formula is C18H24N2O2S2. The summed E-state index contributed by atoms with van der Waals surface area (Å²) in [7, 11) is 0. The Kier molecular flexibility index (Phi) is 7.98. The standard InChI is InChI=1S/C18H24N2O2S2/c1-14(2)22-16-7-3-6-15(12-16)20-18(23)19-9-5-11-24-13-17-8-4-10-21-17/h3-4,6-8,10,12,14H,5,9,11,13H2,1-2H3,(H2,19,20,23). The highest BCUT2D eigenvalue weighted by Crippen LogP contribution is 2.18. The number of hydrogen-bond acceptors (Lipinski definition) is 4. The van der Waals surface area contributed by atoms with Crippen molar-refractivity contribution in [2.24, 2.45) is 0 Å². The average Bonchev–Trinajstić information content (AvgIpc) is 3.03. The summed E-state index contributed by atoms with van der Waals surface area (Å²) in [5, 5.41) is 7.05. The summed E-state index contributed by atoms with van der Waals surface area (Å²) in [4.78, 5) is 0. The molecule has 0 saturated heterocycles. The summed E-state index contributed by atoms with van der Waals surface area (Å²) in [6, 6.07) is 11.7. The van der Waals surface area contributed by atoms with E-state index in [1.807, 2.05) is 62.0 Å². The molecule has 0 bridgehead atoms. The minimum Gasteiger partial charge on any atom is -0.491 e. The van der Waals surface area contributed by atoms with Gasteiger partial charge in [0.2, 0.25) is 0 Å². The summed E-state index contributed by atoms with van der Waals surface area (Å²) >= 11 is 7.19. The van der Waals surface area contributed by atoms with Crippen molar-refractivity contribution >= 4 is 34.8 Å². The molecule has 0 amide bonds. The minimum atomic E-state index is 0.156. The second-order valence-corrected chi connectivity index (χ2v) is 7.07. The number of ether oxygens (including phenoxy) is 1. The Labute approximate surface area is 153 Å². The number of benzene rings is 1. The molecule has 0 spiro atoms. The molecule has 1 heterocycles. The van der Waals surface area contributed by atoms with Crippen molar-refractivity contribution in [3.05, 3.63) is 48.4 Å². The third-order valence-electron chi connectivity index (χ3n) is 3.04. The molecule has 4 nitrogen and oxygen atoms in total. The largest absolute Gasteiger partial charge is 0.491 e. The lowest BCUT2D eigenvalue weighted by Gasteiger charge is -2.13. The highest BCUT2D eigenvalue weighted by molar-refractivity contribution is 7.98. The van der Waals surface area contributed by atoms with E-state index in [4.69, 9.17) is 21.4 Å². The second-order valence-electron chi connectivity index (χ2n) is 5.56. The topological polar surface area (TPSA) is 46.4 Å². The van der Waals surface area contributed by atoms with E-state index < -0.39 is 0 Å². The summed E-state index contributed by atoms with van der Waals surface area (Å²) in [6.45, 7) is 4.87. The predicted octanol–water partition coefficient (Wildman–Crippen LogP) is 4.68. The molecule has 2 rings (SSSR count). The molecule has 0 radical (unpaired) electrons. The number of hydrogen-bond donors (Lipinski definition) is 2. The molecule has 1 aromatic heterocycles. The van der Waals surface area contributed by atoms with E-state index in [-0.39, 0.29) is 6.10 Å². The van der Waals surface area contributed by atoms with Crippen LogP contribution in [0.25, 0.3) is 0 Å². The molecule has 0 aliphatic heterocycles. The number of nitrogens with one attached hydrogen (secondary N) is 2. The normalized spacial score (nSPS) is 10.6. The SMILES string of the molecule is CC(C)Oc1cccc(NC(=S)NCCCSCc2ccco2)c1. The van der Waals surface area contributed by atoms with Gasteiger partial charge in [-0.25, -0.2) is 0 Å². The molecule has 6 heteroatoms. The number of furan rings is 1. The quantitative estimate of drug-likeness (QED) is 0.498. The van der Waals surface area contributed by atoms with Gasteiger partial charge in [-0.1, -0.05) is 6.07 Å². The van der Waals surface area contributed by atoms with Crippen LogP contribution in [0.15, 0.2) is 47.1 Å². The van der Waals surface area contributed by atoms with Crippen LogP contribution in [-0.2, 0) is 5.75 Å². The van der Waals surface area contributed by atoms with Gasteiger partial charge >= 0.3 is 0 Å². The lowest BCUT2D eigenvalue weighted by Crippen LogP contribution is -2.29. The van der Waals surface area contributed by atoms with Gasteiger partial charge in [0.25, 0.3) is 0 Å². The Hall–Kier alpha value is -1.66. The third kappa shape index (κ3) is 7.27. The zero-order chi connectivity index (χ0) is 17.2. The number of thioether (sulfide) groups is 1. The monoisotopic (exact) mass is 364 g/mol. The van der Waals surface area contributed by atoms with Gasteiger partial charge in [0.15, 0.2) is 5.11 Å². The van der Waals surface area contributed by atoms with Crippen LogP contribution in [0, 0.1) is 0 Å². The second kappa shape index (κ2) is 10.3. The molecule has 2 aromatic rings. The van der Waals surface area contributed by atoms with E-state index >= 15 is 0 Å². The zero-order valence-corrected chi connectivity index (χ0v) is 15.7. The Morgan fingerprint density at radius 2 is 2.17 bits per heavy atom. The first-order valence-electron chi connectivity index (χ1n) is 8.05. The molecule has 0 aliphatic carbocycles. The number of anilines is 1. The summed E-state index contributed by atoms with van der Waals surface area (Å²) in [6.07, 6.45) is 2.91. The van der Waals surface area contributed by atoms with Crippen LogP contribution < -0.4 is 15.4 Å². The molecule has 24 heavy (non-hydrogen) atoms. The van der Waals surface area contributed by atoms with Crippen molar-refractivity contribution in [3.63, 3.8) is 0 Å². The van der Waals surface area contributed by atoms with Crippen molar-refractivity contribution in [3.8, 4) is 5.75 Å². The molecule has 2 N–H and O–H groups in total. The van der Waals surface area contributed by atoms with Crippen molar-refractivity contribution in [1.29, 1.82) is 0 Å². The Bertz CT molecular complexity index is 615. The number of rotatable bonds is 9. The van der Waals surface area contributed by atoms with Crippen LogP contribution in [0.1, 0.15) is 26.0 Å². The van der Waals surface area contributed by atoms with E-state index in [1.165, 1.54) is 0 Å². The van der Waals surface area contributed by atoms with Gasteiger partial charge in [-0.3, -0.25) is 0 Å². The van der Waals surface area contributed by atoms with Crippen molar-refractivity contribution in [2.75, 3.05) is 17.6 Å². The first kappa shape index (κ1) is 18.7. The molecular weight excluding hydrogens is 340 g/mol. The van der Waals surface area contributed by atoms with Gasteiger partial charge in [-0.05, 0) is 62.5 Å². The molecule has 0 saturated carbocycles. The fraction of sp³-hybridized carbons (Fsp3) is 0.389. The Morgan fingerprint density at radius 3 is 2.92 bits per heavy atom. The van der Waals surface area contributed by atoms with Crippen LogP contribution in [0.5, 0.6) is 5.75 Å². The first-order valence-corrected chi connectivity index (χ1v) is 9.61. The lowest BCUT2D eigenvalue weighted by atomic mass is 10.3. The Morgan fingerprint density at radius 1 is 1.29 bits per heavy atom. The first-order chi connectivity index (χ1) is 11.6. The third-order valence-corrected chi connectivity index (χ3v) is 4.35. The number of thiocarbonyl (C=S) groups is 1. The van der Waals surface area contributed by atoms with Gasteiger partial charge in [0, 0.05) is 18.3 Å². The van der Waals surface area contributed by atoms with Crippen LogP contribution >= 0.6 is 24.0 Å². The Balaban J connectivity index is 1.61. The smallest absolute Gasteiger partial charge is 0.170 e. The van der Waals surface area contributed by atoms with Gasteiger partial charge in [0.05, 0.1) is 18.1 Å². The lowest BCUT2D eigenvalue weighted by molar-refractivity contribution is 0.242. The molecule has 0 fully saturated rings. The maximum absolute atomic E-state index is 5.68. The highest BCUT2D eigenvalue weighted by atomic mass is 32.2. The highest BCUT2D eigenvalue weighted by Gasteiger charge is 2.02. The molecule has 1 aromatic carbocycles. The van der Waals surface area contributed by atoms with Gasteiger partial charge in [-0.15, -0.1) is 0 Å². The van der Waals surface area contributed by atoms with Crippen molar-refractivity contribution in [1.82, 2.24) is 5.32 Å². The van der Waals surface area contributed by atoms with Crippen LogP contribution in [0.4, 0.5) is 5.69 Å². The molecule has 0 unspecified atom stereocenters. The van der Waals surface area contributed by atoms with E-state index in [0.717, 1.165) is 41.7 Å². The fourth-order valence-electron chi connectivity index (χ4n) is 2.04. The van der Waals surface area contributed by atoms with E-state index in [9.17, 15) is 0 Å². The van der Waals surface area contributed by atoms with Gasteiger partial charge < -0.3 is 19.8 Å². The van der Waals surface area contributed by atoms with Crippen LogP contribution in [0.3, 0.4) is 0 Å². The van der Waals surface area contributed by atoms with Crippen LogP contribution in [0.2, 0.25) is 0 Å². The summed E-state index contributed by atoms with van der Waals surface area (Å²) < 4.78 is 11.0. The van der Waals surface area contributed by atoms with E-state index in [1.54, 1.807) is 6.26 Å². The van der Waals surface area contributed by atoms with Crippen LogP contribution in [-0.4, -0.2) is 23.5 Å². The van der Waals surface area contributed by atoms with Gasteiger partial charge in [0.1, 0.15) is 11.5 Å². The van der Waals surface area contributed by atoms with Gasteiger partial charge in [-0.2, -0.15) is 11.8 Å². The van der Waals surface area contributed by atoms with Crippen molar-refractivity contribution < 1.29 is 9.15 Å².